The van der Waals surface area contributed by atoms with Crippen LogP contribution in [-0.2, 0) is 23.7 Å². The fourth-order valence-electron chi connectivity index (χ4n) is 2.19. The standard InChI is InChI=1S/C15F30O5/c16-1(46)2(17,7(23,24)25)47-13(40,41)4(20,9(29,30)31)49-15(44,45)6(22,11(35,36)37)50-14(42,43)5(21,10(32,33)34)48-12(38,39)3(18,19)8(26,27)28/t2-,4-,5-,6-/m0/s1. The second-order valence-electron chi connectivity index (χ2n) is 8.19. The van der Waals surface area contributed by atoms with Crippen LogP contribution in [0.5, 0.6) is 0 Å². The molecule has 0 rings (SSSR count). The number of alkyl halides is 29. The Labute approximate surface area is 247 Å². The minimum atomic E-state index is -9.29. The minimum absolute atomic E-state index is 0.788. The number of hydrogen-bond donors (Lipinski definition) is 0. The van der Waals surface area contributed by atoms with Gasteiger partial charge in [0.15, 0.2) is 0 Å². The van der Waals surface area contributed by atoms with Gasteiger partial charge >= 0.3 is 90.7 Å². The summed E-state index contributed by atoms with van der Waals surface area (Å²) in [5.74, 6) is -43.6. The van der Waals surface area contributed by atoms with Crippen molar-refractivity contribution >= 4 is 6.04 Å². The summed E-state index contributed by atoms with van der Waals surface area (Å²) in [5.41, 5.74) is 0. The third kappa shape index (κ3) is 7.62. The zero-order valence-electron chi connectivity index (χ0n) is 20.9. The van der Waals surface area contributed by atoms with Crippen LogP contribution in [0.3, 0.4) is 0 Å². The summed E-state index contributed by atoms with van der Waals surface area (Å²) in [6, 6.07) is -5.18. The quantitative estimate of drug-likeness (QED) is 0.137. The van der Waals surface area contributed by atoms with Crippen molar-refractivity contribution in [3.63, 3.8) is 0 Å². The average molecular weight is 830 g/mol. The van der Waals surface area contributed by atoms with Gasteiger partial charge in [-0.2, -0.15) is 132 Å². The smallest absolute Gasteiger partial charge is 0.263 e. The van der Waals surface area contributed by atoms with Crippen molar-refractivity contribution in [2.45, 2.75) is 84.7 Å². The number of carbonyl (C=O) groups excluding carboxylic acids is 1. The first-order chi connectivity index (χ1) is 21.0. The van der Waals surface area contributed by atoms with E-state index in [2.05, 4.69) is 0 Å². The van der Waals surface area contributed by atoms with Gasteiger partial charge in [0, 0.05) is 0 Å². The Balaban J connectivity index is 7.69. The summed E-state index contributed by atoms with van der Waals surface area (Å²) in [4.78, 5) is 10.1. The summed E-state index contributed by atoms with van der Waals surface area (Å²) in [6.45, 7) is 0. The molecule has 5 nitrogen and oxygen atoms in total. The van der Waals surface area contributed by atoms with E-state index in [9.17, 15) is 137 Å². The van der Waals surface area contributed by atoms with Crippen molar-refractivity contribution in [2.24, 2.45) is 0 Å². The number of halogens is 30. The maximum atomic E-state index is 14.3. The molecule has 35 heteroatoms. The summed E-state index contributed by atoms with van der Waals surface area (Å²) in [6.07, 6.45) is -78.1. The van der Waals surface area contributed by atoms with Crippen LogP contribution >= 0.6 is 0 Å². The van der Waals surface area contributed by atoms with Crippen molar-refractivity contribution in [1.82, 2.24) is 0 Å². The second-order valence-corrected chi connectivity index (χ2v) is 8.19. The van der Waals surface area contributed by atoms with Gasteiger partial charge in [0.05, 0.1) is 0 Å². The Kier molecular flexibility index (Phi) is 11.6. The fraction of sp³-hybridized carbons (Fsp3) is 0.933. The SMILES string of the molecule is O=C(F)[C@](F)(OC(F)(F)[C@@](F)(OC(F)(F)[C@@](F)(OC(F)(F)[C@@](F)(OC(F)(F)C(F)(F)C(F)(F)F)C(F)(F)F)C(F)(F)F)C(F)(F)F)C(F)(F)F. The monoisotopic (exact) mass is 830 g/mol. The van der Waals surface area contributed by atoms with Crippen molar-refractivity contribution in [3.8, 4) is 0 Å². The largest absolute Gasteiger partial charge is 0.462 e. The molecule has 0 amide bonds. The van der Waals surface area contributed by atoms with Crippen molar-refractivity contribution in [3.05, 3.63) is 0 Å². The van der Waals surface area contributed by atoms with E-state index in [1.165, 1.54) is 0 Å². The molecule has 0 fully saturated rings. The molecule has 0 saturated heterocycles. The molecule has 0 aliphatic carbocycles. The van der Waals surface area contributed by atoms with Crippen LogP contribution in [0.1, 0.15) is 0 Å². The highest BCUT2D eigenvalue weighted by molar-refractivity contribution is 5.77. The maximum Gasteiger partial charge on any atom is 0.462 e. The highest BCUT2D eigenvalue weighted by Gasteiger charge is 2.90. The molecular weight excluding hydrogens is 830 g/mol. The summed E-state index contributed by atoms with van der Waals surface area (Å²) >= 11 is 0. The third-order valence-electron chi connectivity index (χ3n) is 4.63. The number of ether oxygens (including phenoxy) is 4. The Morgan fingerprint density at radius 1 is 0.300 bits per heavy atom. The molecule has 0 aliphatic heterocycles. The molecular formula is C15F30O5. The lowest BCUT2D eigenvalue weighted by Gasteiger charge is -2.43. The number of rotatable bonds is 13. The van der Waals surface area contributed by atoms with Crippen molar-refractivity contribution < 1.29 is 155 Å². The molecule has 50 heavy (non-hydrogen) atoms. The van der Waals surface area contributed by atoms with Gasteiger partial charge in [-0.15, -0.1) is 0 Å². The number of carbonyl (C=O) groups is 1. The van der Waals surface area contributed by atoms with E-state index in [1.54, 1.807) is 0 Å². The van der Waals surface area contributed by atoms with Gasteiger partial charge in [0.25, 0.3) is 0 Å². The van der Waals surface area contributed by atoms with E-state index in [0.717, 1.165) is 18.9 Å². The van der Waals surface area contributed by atoms with Gasteiger partial charge < -0.3 is 0 Å². The summed E-state index contributed by atoms with van der Waals surface area (Å²) < 4.78 is 397. The van der Waals surface area contributed by atoms with E-state index < -0.39 is 90.7 Å². The van der Waals surface area contributed by atoms with Crippen LogP contribution in [0.15, 0.2) is 0 Å². The molecule has 0 aliphatic rings. The highest BCUT2D eigenvalue weighted by Crippen LogP contribution is 2.61. The molecule has 300 valence electrons. The lowest BCUT2D eigenvalue weighted by Crippen LogP contribution is -2.72. The Bertz CT molecular complexity index is 1230. The van der Waals surface area contributed by atoms with Gasteiger partial charge in [-0.05, 0) is 0 Å². The van der Waals surface area contributed by atoms with Gasteiger partial charge in [-0.3, -0.25) is 23.7 Å². The lowest BCUT2D eigenvalue weighted by molar-refractivity contribution is -0.592. The summed E-state index contributed by atoms with van der Waals surface area (Å²) in [7, 11) is 0. The Morgan fingerprint density at radius 2 is 0.520 bits per heavy atom. The van der Waals surface area contributed by atoms with E-state index in [-0.39, 0.29) is 0 Å². The van der Waals surface area contributed by atoms with Crippen molar-refractivity contribution in [1.29, 1.82) is 0 Å². The van der Waals surface area contributed by atoms with Crippen LogP contribution in [0.25, 0.3) is 0 Å². The molecule has 0 aromatic heterocycles. The highest BCUT2D eigenvalue weighted by atomic mass is 19.4. The molecule has 0 bridgehead atoms. The molecule has 0 unspecified atom stereocenters. The molecule has 0 aromatic rings. The Morgan fingerprint density at radius 3 is 0.700 bits per heavy atom. The first-order valence-corrected chi connectivity index (χ1v) is 10.0. The van der Waals surface area contributed by atoms with Crippen LogP contribution in [-0.4, -0.2) is 90.7 Å². The number of hydrogen-bond acceptors (Lipinski definition) is 5. The van der Waals surface area contributed by atoms with Gasteiger partial charge in [-0.25, -0.2) is 0 Å². The van der Waals surface area contributed by atoms with E-state index in [1.807, 2.05) is 0 Å². The van der Waals surface area contributed by atoms with E-state index >= 15 is 0 Å². The first-order valence-electron chi connectivity index (χ1n) is 10.0. The average Bonchev–Trinajstić information content (AvgIpc) is 2.78. The predicted molar refractivity (Wildman–Crippen MR) is 80.8 cm³/mol. The van der Waals surface area contributed by atoms with E-state index in [0.29, 0.717) is 0 Å². The fourth-order valence-corrected chi connectivity index (χ4v) is 2.19. The molecule has 0 N–H and O–H groups in total. The third-order valence-corrected chi connectivity index (χ3v) is 4.63. The maximum absolute atomic E-state index is 14.3. The van der Waals surface area contributed by atoms with Gasteiger partial charge in [-0.1, -0.05) is 0 Å². The van der Waals surface area contributed by atoms with Crippen LogP contribution < -0.4 is 0 Å². The van der Waals surface area contributed by atoms with Gasteiger partial charge in [0.1, 0.15) is 0 Å². The zero-order chi connectivity index (χ0) is 41.4. The minimum Gasteiger partial charge on any atom is -0.263 e. The second kappa shape index (κ2) is 12.2. The molecule has 4 atom stereocenters. The lowest BCUT2D eigenvalue weighted by atomic mass is 10.2. The van der Waals surface area contributed by atoms with Crippen LogP contribution in [0, 0.1) is 0 Å². The van der Waals surface area contributed by atoms with E-state index in [4.69, 9.17) is 0 Å². The van der Waals surface area contributed by atoms with Crippen molar-refractivity contribution in [2.75, 3.05) is 0 Å². The van der Waals surface area contributed by atoms with Crippen LogP contribution in [0.2, 0.25) is 0 Å². The molecule has 0 spiro atoms. The predicted octanol–water partition coefficient (Wildman–Crippen LogP) is 9.03. The summed E-state index contributed by atoms with van der Waals surface area (Å²) in [5, 5.41) is 0. The molecule has 0 heterocycles. The molecule has 0 saturated carbocycles. The topological polar surface area (TPSA) is 54.0 Å². The first kappa shape index (κ1) is 47.4. The molecule has 0 aromatic carbocycles. The normalized spacial score (nSPS) is 20.4. The van der Waals surface area contributed by atoms with Gasteiger partial charge in [0.2, 0.25) is 0 Å². The zero-order valence-corrected chi connectivity index (χ0v) is 20.9. The Hall–Kier alpha value is -2.59. The van der Waals surface area contributed by atoms with Crippen LogP contribution in [0.4, 0.5) is 132 Å². The molecule has 0 radical (unpaired) electrons.